The van der Waals surface area contributed by atoms with Gasteiger partial charge < -0.3 is 0 Å². The van der Waals surface area contributed by atoms with E-state index in [-0.39, 0.29) is 12.0 Å². The Kier molecular flexibility index (Phi) is 2.72. The summed E-state index contributed by atoms with van der Waals surface area (Å²) in [6.07, 6.45) is -1.36. The van der Waals surface area contributed by atoms with Crippen molar-refractivity contribution in [3.63, 3.8) is 0 Å². The van der Waals surface area contributed by atoms with Crippen molar-refractivity contribution in [2.45, 2.75) is 51.2 Å². The largest absolute Gasteiger partial charge is 0.435 e. The minimum Gasteiger partial charge on any atom is -0.266 e. The van der Waals surface area contributed by atoms with Crippen LogP contribution in [-0.2, 0) is 6.18 Å². The first-order valence-corrected chi connectivity index (χ1v) is 5.56. The molecule has 1 fully saturated rings. The molecule has 0 radical (unpaired) electrons. The lowest BCUT2D eigenvalue weighted by Gasteiger charge is -2.28. The van der Waals surface area contributed by atoms with Gasteiger partial charge in [-0.3, -0.25) is 4.68 Å². The molecule has 0 aliphatic heterocycles. The first kappa shape index (κ1) is 11.5. The Morgan fingerprint density at radius 1 is 1.38 bits per heavy atom. The molecule has 1 aliphatic rings. The predicted octanol–water partition coefficient (Wildman–Crippen LogP) is 3.75. The molecule has 1 aromatic rings. The highest BCUT2D eigenvalue weighted by Gasteiger charge is 2.36. The Morgan fingerprint density at radius 3 is 2.38 bits per heavy atom. The quantitative estimate of drug-likeness (QED) is 0.759. The van der Waals surface area contributed by atoms with E-state index in [1.807, 2.05) is 13.8 Å². The fraction of sp³-hybridized carbons (Fsp3) is 0.727. The van der Waals surface area contributed by atoms with E-state index in [0.717, 1.165) is 19.3 Å². The van der Waals surface area contributed by atoms with Crippen LogP contribution in [0.5, 0.6) is 0 Å². The Balaban J connectivity index is 2.37. The standard InChI is InChI=1S/C11H15F3N2/c1-7(2)9-6-10(11(12,13)14)15-16(9)8-4-3-5-8/h6-8H,3-5H2,1-2H3. The summed E-state index contributed by atoms with van der Waals surface area (Å²) in [6.45, 7) is 3.79. The molecule has 0 saturated heterocycles. The second kappa shape index (κ2) is 3.79. The molecule has 0 unspecified atom stereocenters. The summed E-state index contributed by atoms with van der Waals surface area (Å²) in [6, 6.07) is 1.36. The number of hydrogen-bond donors (Lipinski definition) is 0. The molecule has 1 aliphatic carbocycles. The molecule has 5 heteroatoms. The first-order valence-electron chi connectivity index (χ1n) is 5.56. The number of nitrogens with zero attached hydrogens (tertiary/aromatic N) is 2. The topological polar surface area (TPSA) is 17.8 Å². The van der Waals surface area contributed by atoms with Crippen molar-refractivity contribution in [2.24, 2.45) is 0 Å². The highest BCUT2D eigenvalue weighted by Crippen LogP contribution is 2.37. The van der Waals surface area contributed by atoms with Crippen molar-refractivity contribution < 1.29 is 13.2 Å². The second-order valence-corrected chi connectivity index (χ2v) is 4.64. The van der Waals surface area contributed by atoms with Crippen LogP contribution in [0.2, 0.25) is 0 Å². The molecule has 1 aromatic heterocycles. The number of aromatic nitrogens is 2. The fourth-order valence-corrected chi connectivity index (χ4v) is 1.90. The van der Waals surface area contributed by atoms with Crippen molar-refractivity contribution >= 4 is 0 Å². The molecule has 0 N–H and O–H groups in total. The second-order valence-electron chi connectivity index (χ2n) is 4.64. The van der Waals surface area contributed by atoms with Gasteiger partial charge in [0, 0.05) is 5.69 Å². The molecule has 16 heavy (non-hydrogen) atoms. The molecule has 0 bridgehead atoms. The van der Waals surface area contributed by atoms with Gasteiger partial charge >= 0.3 is 6.18 Å². The predicted molar refractivity (Wildman–Crippen MR) is 54.2 cm³/mol. The summed E-state index contributed by atoms with van der Waals surface area (Å²) < 4.78 is 39.2. The van der Waals surface area contributed by atoms with E-state index < -0.39 is 11.9 Å². The van der Waals surface area contributed by atoms with Crippen LogP contribution in [0.25, 0.3) is 0 Å². The fourth-order valence-electron chi connectivity index (χ4n) is 1.90. The van der Waals surface area contributed by atoms with Crippen LogP contribution >= 0.6 is 0 Å². The highest BCUT2D eigenvalue weighted by atomic mass is 19.4. The van der Waals surface area contributed by atoms with Gasteiger partial charge in [0.1, 0.15) is 0 Å². The zero-order valence-corrected chi connectivity index (χ0v) is 9.38. The van der Waals surface area contributed by atoms with Crippen molar-refractivity contribution in [2.75, 3.05) is 0 Å². The highest BCUT2D eigenvalue weighted by molar-refractivity contribution is 5.17. The SMILES string of the molecule is CC(C)c1cc(C(F)(F)F)nn1C1CCC1. The average Bonchev–Trinajstić information content (AvgIpc) is 2.44. The lowest BCUT2D eigenvalue weighted by atomic mass is 9.92. The number of hydrogen-bond acceptors (Lipinski definition) is 1. The molecular weight excluding hydrogens is 217 g/mol. The normalized spacial score (nSPS) is 17.9. The lowest BCUT2D eigenvalue weighted by Crippen LogP contribution is -2.21. The summed E-state index contributed by atoms with van der Waals surface area (Å²) in [7, 11) is 0. The van der Waals surface area contributed by atoms with E-state index >= 15 is 0 Å². The Bertz CT molecular complexity index is 375. The Hall–Kier alpha value is -1.00. The van der Waals surface area contributed by atoms with Crippen LogP contribution in [0.4, 0.5) is 13.2 Å². The zero-order valence-electron chi connectivity index (χ0n) is 9.38. The van der Waals surface area contributed by atoms with Gasteiger partial charge in [-0.2, -0.15) is 18.3 Å². The summed E-state index contributed by atoms with van der Waals surface area (Å²) in [5, 5.41) is 3.72. The van der Waals surface area contributed by atoms with Crippen LogP contribution in [0.15, 0.2) is 6.07 Å². The number of rotatable bonds is 2. The van der Waals surface area contributed by atoms with E-state index in [0.29, 0.717) is 5.69 Å². The van der Waals surface area contributed by atoms with Gasteiger partial charge in [0.25, 0.3) is 0 Å². The van der Waals surface area contributed by atoms with Gasteiger partial charge in [-0.1, -0.05) is 13.8 Å². The van der Waals surface area contributed by atoms with E-state index in [4.69, 9.17) is 0 Å². The van der Waals surface area contributed by atoms with Crippen molar-refractivity contribution in [3.05, 3.63) is 17.5 Å². The zero-order chi connectivity index (χ0) is 11.9. The smallest absolute Gasteiger partial charge is 0.266 e. The first-order chi connectivity index (χ1) is 7.39. The molecule has 0 amide bonds. The van der Waals surface area contributed by atoms with Crippen molar-refractivity contribution in [1.82, 2.24) is 9.78 Å². The van der Waals surface area contributed by atoms with Gasteiger partial charge in [0.05, 0.1) is 6.04 Å². The van der Waals surface area contributed by atoms with Crippen LogP contribution in [0.1, 0.15) is 56.5 Å². The van der Waals surface area contributed by atoms with Gasteiger partial charge in [-0.05, 0) is 31.2 Å². The third-order valence-electron chi connectivity index (χ3n) is 3.07. The van der Waals surface area contributed by atoms with Gasteiger partial charge in [0.2, 0.25) is 0 Å². The molecule has 0 atom stereocenters. The Morgan fingerprint density at radius 2 is 2.00 bits per heavy atom. The van der Waals surface area contributed by atoms with Crippen LogP contribution in [-0.4, -0.2) is 9.78 Å². The summed E-state index contributed by atoms with van der Waals surface area (Å²) >= 11 is 0. The molecule has 0 spiro atoms. The van der Waals surface area contributed by atoms with Crippen LogP contribution < -0.4 is 0 Å². The third kappa shape index (κ3) is 1.95. The monoisotopic (exact) mass is 232 g/mol. The van der Waals surface area contributed by atoms with E-state index in [2.05, 4.69) is 5.10 Å². The van der Waals surface area contributed by atoms with Gasteiger partial charge in [-0.15, -0.1) is 0 Å². The molecule has 2 rings (SSSR count). The lowest BCUT2D eigenvalue weighted by molar-refractivity contribution is -0.141. The van der Waals surface area contributed by atoms with Gasteiger partial charge in [0.15, 0.2) is 5.69 Å². The molecule has 1 saturated carbocycles. The maximum Gasteiger partial charge on any atom is 0.435 e. The summed E-state index contributed by atoms with van der Waals surface area (Å²) in [4.78, 5) is 0. The van der Waals surface area contributed by atoms with Crippen molar-refractivity contribution in [1.29, 1.82) is 0 Å². The maximum absolute atomic E-state index is 12.6. The molecule has 0 aromatic carbocycles. The summed E-state index contributed by atoms with van der Waals surface area (Å²) in [5.41, 5.74) is -0.0693. The molecular formula is C11H15F3N2. The molecule has 1 heterocycles. The van der Waals surface area contributed by atoms with Crippen molar-refractivity contribution in [3.8, 4) is 0 Å². The van der Waals surface area contributed by atoms with Crippen LogP contribution in [0.3, 0.4) is 0 Å². The number of alkyl halides is 3. The molecule has 90 valence electrons. The Labute approximate surface area is 92.4 Å². The number of halogens is 3. The average molecular weight is 232 g/mol. The third-order valence-corrected chi connectivity index (χ3v) is 3.07. The minimum absolute atomic E-state index is 0.0733. The van der Waals surface area contributed by atoms with E-state index in [1.165, 1.54) is 6.07 Å². The van der Waals surface area contributed by atoms with Crippen LogP contribution in [0, 0.1) is 0 Å². The van der Waals surface area contributed by atoms with Gasteiger partial charge in [-0.25, -0.2) is 0 Å². The minimum atomic E-state index is -4.33. The maximum atomic E-state index is 12.6. The van der Waals surface area contributed by atoms with E-state index in [9.17, 15) is 13.2 Å². The molecule has 2 nitrogen and oxygen atoms in total. The van der Waals surface area contributed by atoms with E-state index in [1.54, 1.807) is 4.68 Å². The summed E-state index contributed by atoms with van der Waals surface area (Å²) in [5.74, 6) is 0.0733.